The van der Waals surface area contributed by atoms with Crippen LogP contribution in [0, 0.1) is 23.2 Å². The van der Waals surface area contributed by atoms with Crippen molar-refractivity contribution in [2.45, 2.75) is 107 Å². The van der Waals surface area contributed by atoms with Crippen molar-refractivity contribution in [3.05, 3.63) is 0 Å². The molecule has 0 heterocycles. The predicted molar refractivity (Wildman–Crippen MR) is 96.3 cm³/mol. The van der Waals surface area contributed by atoms with E-state index in [9.17, 15) is 0 Å². The molecule has 0 aromatic carbocycles. The highest BCUT2D eigenvalue weighted by Gasteiger charge is 2.31. The summed E-state index contributed by atoms with van der Waals surface area (Å²) in [6, 6.07) is 0. The molecule has 0 aromatic heterocycles. The van der Waals surface area contributed by atoms with Gasteiger partial charge >= 0.3 is 0 Å². The van der Waals surface area contributed by atoms with Gasteiger partial charge in [-0.05, 0) is 36.0 Å². The van der Waals surface area contributed by atoms with Crippen molar-refractivity contribution in [3.63, 3.8) is 0 Å². The molecule has 1 fully saturated rings. The van der Waals surface area contributed by atoms with E-state index in [1.807, 2.05) is 13.8 Å². The molecule has 3 unspecified atom stereocenters. The molecular weight excluding hydrogens is 240 g/mol. The molecule has 124 valence electrons. The van der Waals surface area contributed by atoms with Crippen molar-refractivity contribution >= 4 is 0 Å². The lowest BCUT2D eigenvalue weighted by atomic mass is 9.79. The minimum Gasteiger partial charge on any atom is -0.0683 e. The van der Waals surface area contributed by atoms with E-state index in [-0.39, 0.29) is 0 Å². The minimum absolute atomic E-state index is 0.559. The number of hydrogen-bond donors (Lipinski definition) is 0. The average Bonchev–Trinajstić information content (AvgIpc) is 2.91. The molecule has 1 aliphatic carbocycles. The van der Waals surface area contributed by atoms with Crippen LogP contribution in [0.5, 0.6) is 0 Å². The first-order valence-corrected chi connectivity index (χ1v) is 9.35. The standard InChI is InChI=1S/C11H22.C7H16.C2H6/c1-5-9-6-7-10(8-9)11(2,3)4;1-4-6-7(3)5-2;1-2/h9-10H,5-8H2,1-4H3;7H,4-6H2,1-3H3;1-2H3. The van der Waals surface area contributed by atoms with Crippen molar-refractivity contribution in [1.82, 2.24) is 0 Å². The van der Waals surface area contributed by atoms with Crippen molar-refractivity contribution in [2.75, 3.05) is 0 Å². The highest BCUT2D eigenvalue weighted by molar-refractivity contribution is 4.82. The molecule has 1 saturated carbocycles. The molecule has 1 rings (SSSR count). The van der Waals surface area contributed by atoms with Crippen LogP contribution in [-0.4, -0.2) is 0 Å². The van der Waals surface area contributed by atoms with Gasteiger partial charge in [-0.15, -0.1) is 0 Å². The van der Waals surface area contributed by atoms with Gasteiger partial charge in [0.15, 0.2) is 0 Å². The Kier molecular flexibility index (Phi) is 14.2. The average molecular weight is 285 g/mol. The third-order valence-corrected chi connectivity index (χ3v) is 4.82. The second kappa shape index (κ2) is 12.7. The van der Waals surface area contributed by atoms with Gasteiger partial charge in [-0.2, -0.15) is 0 Å². The Morgan fingerprint density at radius 2 is 1.55 bits per heavy atom. The largest absolute Gasteiger partial charge is 0.0683 e. The van der Waals surface area contributed by atoms with Crippen LogP contribution in [0.4, 0.5) is 0 Å². The van der Waals surface area contributed by atoms with Gasteiger partial charge in [-0.25, -0.2) is 0 Å². The molecule has 0 aliphatic heterocycles. The molecule has 0 spiro atoms. The molecule has 20 heavy (non-hydrogen) atoms. The maximum atomic E-state index is 2.38. The highest BCUT2D eigenvalue weighted by atomic mass is 14.4. The molecule has 0 aromatic rings. The van der Waals surface area contributed by atoms with Crippen LogP contribution in [-0.2, 0) is 0 Å². The van der Waals surface area contributed by atoms with E-state index in [2.05, 4.69) is 48.5 Å². The van der Waals surface area contributed by atoms with Gasteiger partial charge in [0.25, 0.3) is 0 Å². The smallest absolute Gasteiger partial charge is 0.0354 e. The zero-order valence-corrected chi connectivity index (χ0v) is 16.2. The van der Waals surface area contributed by atoms with Crippen LogP contribution in [0.25, 0.3) is 0 Å². The Morgan fingerprint density at radius 1 is 1.00 bits per heavy atom. The third-order valence-electron chi connectivity index (χ3n) is 4.82. The molecule has 0 N–H and O–H groups in total. The Hall–Kier alpha value is 0. The fourth-order valence-corrected chi connectivity index (χ4v) is 2.93. The predicted octanol–water partition coefficient (Wildman–Crippen LogP) is 7.72. The Balaban J connectivity index is 0. The lowest BCUT2D eigenvalue weighted by Crippen LogP contribution is -2.17. The van der Waals surface area contributed by atoms with E-state index in [1.165, 1.54) is 44.9 Å². The summed E-state index contributed by atoms with van der Waals surface area (Å²) in [5.41, 5.74) is 0.559. The lowest BCUT2D eigenvalue weighted by molar-refractivity contribution is 0.238. The second-order valence-electron chi connectivity index (χ2n) is 7.45. The van der Waals surface area contributed by atoms with Crippen molar-refractivity contribution in [2.24, 2.45) is 23.2 Å². The summed E-state index contributed by atoms with van der Waals surface area (Å²) < 4.78 is 0. The van der Waals surface area contributed by atoms with E-state index < -0.39 is 0 Å². The van der Waals surface area contributed by atoms with Crippen LogP contribution >= 0.6 is 0 Å². The zero-order chi connectivity index (χ0) is 16.2. The first kappa shape index (κ1) is 22.3. The SMILES string of the molecule is CC.CCC1CCC(C(C)(C)C)C1.CCCC(C)CC. The summed E-state index contributed by atoms with van der Waals surface area (Å²) in [6.07, 6.45) is 9.92. The van der Waals surface area contributed by atoms with Crippen LogP contribution in [0.2, 0.25) is 0 Å². The van der Waals surface area contributed by atoms with Gasteiger partial charge in [-0.1, -0.05) is 94.4 Å². The van der Waals surface area contributed by atoms with E-state index in [0.717, 1.165) is 17.8 Å². The summed E-state index contributed by atoms with van der Waals surface area (Å²) >= 11 is 0. The minimum atomic E-state index is 0.559. The van der Waals surface area contributed by atoms with Crippen molar-refractivity contribution in [3.8, 4) is 0 Å². The van der Waals surface area contributed by atoms with E-state index >= 15 is 0 Å². The fourth-order valence-electron chi connectivity index (χ4n) is 2.93. The summed E-state index contributed by atoms with van der Waals surface area (Å²) in [4.78, 5) is 0. The molecule has 0 bridgehead atoms. The van der Waals surface area contributed by atoms with Gasteiger partial charge in [-0.3, -0.25) is 0 Å². The second-order valence-corrected chi connectivity index (χ2v) is 7.45. The molecule has 0 heteroatoms. The van der Waals surface area contributed by atoms with E-state index in [1.54, 1.807) is 0 Å². The van der Waals surface area contributed by atoms with Crippen molar-refractivity contribution < 1.29 is 0 Å². The molecule has 0 radical (unpaired) electrons. The van der Waals surface area contributed by atoms with Gasteiger partial charge in [0.2, 0.25) is 0 Å². The molecule has 0 saturated heterocycles. The third kappa shape index (κ3) is 10.7. The van der Waals surface area contributed by atoms with Crippen LogP contribution in [0.15, 0.2) is 0 Å². The van der Waals surface area contributed by atoms with E-state index in [0.29, 0.717) is 5.41 Å². The van der Waals surface area contributed by atoms with Crippen molar-refractivity contribution in [1.29, 1.82) is 0 Å². The zero-order valence-electron chi connectivity index (χ0n) is 16.2. The summed E-state index contributed by atoms with van der Waals surface area (Å²) in [6.45, 7) is 20.3. The molecule has 0 amide bonds. The first-order chi connectivity index (χ1) is 9.35. The lowest BCUT2D eigenvalue weighted by Gasteiger charge is -2.26. The summed E-state index contributed by atoms with van der Waals surface area (Å²) in [5.74, 6) is 2.98. The number of rotatable bonds is 4. The summed E-state index contributed by atoms with van der Waals surface area (Å²) in [5, 5.41) is 0. The first-order valence-electron chi connectivity index (χ1n) is 9.35. The molecule has 3 atom stereocenters. The maximum absolute atomic E-state index is 2.38. The summed E-state index contributed by atoms with van der Waals surface area (Å²) in [7, 11) is 0. The van der Waals surface area contributed by atoms with Gasteiger partial charge < -0.3 is 0 Å². The molecule has 0 nitrogen and oxygen atoms in total. The topological polar surface area (TPSA) is 0 Å². The number of hydrogen-bond acceptors (Lipinski definition) is 0. The highest BCUT2D eigenvalue weighted by Crippen LogP contribution is 2.42. The van der Waals surface area contributed by atoms with Gasteiger partial charge in [0.05, 0.1) is 0 Å². The molecule has 1 aliphatic rings. The normalized spacial score (nSPS) is 23.2. The van der Waals surface area contributed by atoms with Crippen LogP contribution in [0.1, 0.15) is 107 Å². The molecular formula is C20H44. The maximum Gasteiger partial charge on any atom is -0.0354 e. The fraction of sp³-hybridized carbons (Fsp3) is 1.00. The monoisotopic (exact) mass is 284 g/mol. The van der Waals surface area contributed by atoms with E-state index in [4.69, 9.17) is 0 Å². The van der Waals surface area contributed by atoms with Gasteiger partial charge in [0, 0.05) is 0 Å². The Labute approximate surface area is 131 Å². The van der Waals surface area contributed by atoms with Crippen LogP contribution < -0.4 is 0 Å². The van der Waals surface area contributed by atoms with Gasteiger partial charge in [0.1, 0.15) is 0 Å². The van der Waals surface area contributed by atoms with Crippen LogP contribution in [0.3, 0.4) is 0 Å². The quantitative estimate of drug-likeness (QED) is 0.495. The Bertz CT molecular complexity index is 187. The Morgan fingerprint density at radius 3 is 1.75 bits per heavy atom.